The first-order valence-electron chi connectivity index (χ1n) is 7.11. The zero-order valence-electron chi connectivity index (χ0n) is 13.0. The molecule has 5 heteroatoms. The lowest BCUT2D eigenvalue weighted by Crippen LogP contribution is -1.99. The molecule has 116 valence electrons. The number of ether oxygens (including phenoxy) is 2. The monoisotopic (exact) mass is 318 g/mol. The highest BCUT2D eigenvalue weighted by Crippen LogP contribution is 2.37. The first kappa shape index (κ1) is 16.3. The van der Waals surface area contributed by atoms with Crippen molar-refractivity contribution in [2.75, 3.05) is 13.7 Å². The van der Waals surface area contributed by atoms with Gasteiger partial charge in [0.1, 0.15) is 0 Å². The molecule has 1 aromatic carbocycles. The van der Waals surface area contributed by atoms with E-state index < -0.39 is 0 Å². The zero-order valence-corrected chi connectivity index (χ0v) is 13.7. The van der Waals surface area contributed by atoms with E-state index in [1.165, 1.54) is 0 Å². The van der Waals surface area contributed by atoms with Crippen LogP contribution < -0.4 is 9.47 Å². The maximum atomic E-state index is 6.29. The predicted octanol–water partition coefficient (Wildman–Crippen LogP) is 4.41. The Kier molecular flexibility index (Phi) is 5.78. The fraction of sp³-hybridized carbons (Fsp3) is 0.294. The summed E-state index contributed by atoms with van der Waals surface area (Å²) in [6.45, 7) is 4.55. The summed E-state index contributed by atoms with van der Waals surface area (Å²) in [5.74, 6) is 1.20. The van der Waals surface area contributed by atoms with E-state index in [0.717, 1.165) is 23.4 Å². The number of rotatable bonds is 6. The normalized spacial score (nSPS) is 10.9. The molecule has 1 heterocycles. The number of aryl methyl sites for hydroxylation is 1. The average Bonchev–Trinajstić information content (AvgIpc) is 2.51. The van der Waals surface area contributed by atoms with Crippen LogP contribution in [-0.4, -0.2) is 23.7 Å². The van der Waals surface area contributed by atoms with Crippen LogP contribution >= 0.6 is 11.6 Å². The predicted molar refractivity (Wildman–Crippen MR) is 89.5 cm³/mol. The molecule has 0 spiro atoms. The van der Waals surface area contributed by atoms with Crippen LogP contribution in [0.5, 0.6) is 11.5 Å². The Morgan fingerprint density at radius 2 is 2.05 bits per heavy atom. The minimum absolute atomic E-state index is 0.530. The standard InChI is InChI=1S/C17H19ClN2O2/c1-4-7-22-17-15(18)8-13(9-16(17)21-3)5-6-14-11-19-10-12(2)20-14/h5-6,8-11H,4,7H2,1-3H3/b6-5+. The highest BCUT2D eigenvalue weighted by Gasteiger charge is 2.10. The van der Waals surface area contributed by atoms with Crippen LogP contribution in [0.4, 0.5) is 0 Å². The number of hydrogen-bond acceptors (Lipinski definition) is 4. The molecule has 0 N–H and O–H groups in total. The van der Waals surface area contributed by atoms with E-state index in [-0.39, 0.29) is 0 Å². The van der Waals surface area contributed by atoms with Gasteiger partial charge >= 0.3 is 0 Å². The molecule has 0 saturated carbocycles. The summed E-state index contributed by atoms with van der Waals surface area (Å²) in [5, 5.41) is 0.530. The number of halogens is 1. The molecule has 0 aliphatic heterocycles. The van der Waals surface area contributed by atoms with Gasteiger partial charge in [-0.15, -0.1) is 0 Å². The molecule has 0 aliphatic rings. The second kappa shape index (κ2) is 7.80. The molecule has 0 radical (unpaired) electrons. The lowest BCUT2D eigenvalue weighted by molar-refractivity contribution is 0.294. The molecular weight excluding hydrogens is 300 g/mol. The molecule has 0 saturated heterocycles. The summed E-state index contributed by atoms with van der Waals surface area (Å²) in [4.78, 5) is 8.48. The first-order valence-corrected chi connectivity index (χ1v) is 7.49. The molecule has 0 bridgehead atoms. The summed E-state index contributed by atoms with van der Waals surface area (Å²) in [6.07, 6.45) is 8.14. The van der Waals surface area contributed by atoms with Crippen molar-refractivity contribution < 1.29 is 9.47 Å². The summed E-state index contributed by atoms with van der Waals surface area (Å²) in [7, 11) is 1.60. The average molecular weight is 319 g/mol. The summed E-state index contributed by atoms with van der Waals surface area (Å²) in [6, 6.07) is 3.73. The van der Waals surface area contributed by atoms with Crippen LogP contribution in [-0.2, 0) is 0 Å². The van der Waals surface area contributed by atoms with E-state index in [4.69, 9.17) is 21.1 Å². The minimum Gasteiger partial charge on any atom is -0.493 e. The van der Waals surface area contributed by atoms with Gasteiger partial charge in [-0.25, -0.2) is 0 Å². The minimum atomic E-state index is 0.530. The van der Waals surface area contributed by atoms with E-state index in [0.29, 0.717) is 23.1 Å². The van der Waals surface area contributed by atoms with Crippen molar-refractivity contribution in [3.8, 4) is 11.5 Å². The Bertz CT molecular complexity index is 672. The number of methoxy groups -OCH3 is 1. The van der Waals surface area contributed by atoms with E-state index in [1.54, 1.807) is 19.5 Å². The summed E-state index contributed by atoms with van der Waals surface area (Å²) < 4.78 is 11.0. The van der Waals surface area contributed by atoms with E-state index in [2.05, 4.69) is 9.97 Å². The van der Waals surface area contributed by atoms with Gasteiger partial charge in [0.2, 0.25) is 0 Å². The Morgan fingerprint density at radius 1 is 1.23 bits per heavy atom. The Hall–Kier alpha value is -2.07. The second-order valence-corrected chi connectivity index (χ2v) is 5.21. The molecule has 0 atom stereocenters. The van der Waals surface area contributed by atoms with Crippen molar-refractivity contribution in [1.82, 2.24) is 9.97 Å². The zero-order chi connectivity index (χ0) is 15.9. The van der Waals surface area contributed by atoms with E-state index in [1.807, 2.05) is 38.1 Å². The van der Waals surface area contributed by atoms with Gasteiger partial charge in [0, 0.05) is 6.20 Å². The quantitative estimate of drug-likeness (QED) is 0.791. The molecule has 1 aromatic heterocycles. The van der Waals surface area contributed by atoms with Crippen molar-refractivity contribution >= 4 is 23.8 Å². The molecular formula is C17H19ClN2O2. The Labute approximate surface area is 135 Å². The summed E-state index contributed by atoms with van der Waals surface area (Å²) >= 11 is 6.29. The van der Waals surface area contributed by atoms with Gasteiger partial charge in [0.15, 0.2) is 11.5 Å². The number of nitrogens with zero attached hydrogens (tertiary/aromatic N) is 2. The third kappa shape index (κ3) is 4.21. The molecule has 2 aromatic rings. The van der Waals surface area contributed by atoms with Gasteiger partial charge in [-0.3, -0.25) is 9.97 Å². The maximum absolute atomic E-state index is 6.29. The number of aromatic nitrogens is 2. The van der Waals surface area contributed by atoms with Crippen molar-refractivity contribution in [2.45, 2.75) is 20.3 Å². The van der Waals surface area contributed by atoms with Crippen LogP contribution in [0.25, 0.3) is 12.2 Å². The lowest BCUT2D eigenvalue weighted by Gasteiger charge is -2.12. The highest BCUT2D eigenvalue weighted by molar-refractivity contribution is 6.32. The Balaban J connectivity index is 2.26. The molecule has 0 amide bonds. The molecule has 2 rings (SSSR count). The molecule has 0 unspecified atom stereocenters. The second-order valence-electron chi connectivity index (χ2n) is 4.80. The van der Waals surface area contributed by atoms with Crippen LogP contribution in [0, 0.1) is 6.92 Å². The number of benzene rings is 1. The van der Waals surface area contributed by atoms with Crippen LogP contribution in [0.1, 0.15) is 30.3 Å². The van der Waals surface area contributed by atoms with Crippen LogP contribution in [0.3, 0.4) is 0 Å². The third-order valence-electron chi connectivity index (χ3n) is 2.92. The fourth-order valence-corrected chi connectivity index (χ4v) is 2.20. The SMILES string of the molecule is CCCOc1c(Cl)cc(/C=C/c2cncc(C)n2)cc1OC. The van der Waals surface area contributed by atoms with Gasteiger partial charge in [0.05, 0.1) is 36.3 Å². The van der Waals surface area contributed by atoms with Crippen molar-refractivity contribution in [3.63, 3.8) is 0 Å². The highest BCUT2D eigenvalue weighted by atomic mass is 35.5. The topological polar surface area (TPSA) is 44.2 Å². The van der Waals surface area contributed by atoms with Crippen LogP contribution in [0.15, 0.2) is 24.5 Å². The maximum Gasteiger partial charge on any atom is 0.179 e. The van der Waals surface area contributed by atoms with E-state index >= 15 is 0 Å². The van der Waals surface area contributed by atoms with Gasteiger partial charge in [-0.2, -0.15) is 0 Å². The van der Waals surface area contributed by atoms with Crippen molar-refractivity contribution in [3.05, 3.63) is 46.5 Å². The smallest absolute Gasteiger partial charge is 0.179 e. The Morgan fingerprint density at radius 3 is 2.73 bits per heavy atom. The molecule has 0 aliphatic carbocycles. The van der Waals surface area contributed by atoms with Gasteiger partial charge in [-0.05, 0) is 37.1 Å². The van der Waals surface area contributed by atoms with Gasteiger partial charge in [-0.1, -0.05) is 24.6 Å². The summed E-state index contributed by atoms with van der Waals surface area (Å²) in [5.41, 5.74) is 2.58. The molecule has 4 nitrogen and oxygen atoms in total. The fourth-order valence-electron chi connectivity index (χ4n) is 1.92. The lowest BCUT2D eigenvalue weighted by atomic mass is 10.1. The largest absolute Gasteiger partial charge is 0.493 e. The molecule has 0 fully saturated rings. The van der Waals surface area contributed by atoms with Crippen molar-refractivity contribution in [1.29, 1.82) is 0 Å². The number of hydrogen-bond donors (Lipinski definition) is 0. The van der Waals surface area contributed by atoms with Gasteiger partial charge in [0.25, 0.3) is 0 Å². The van der Waals surface area contributed by atoms with Gasteiger partial charge < -0.3 is 9.47 Å². The first-order chi connectivity index (χ1) is 10.6. The molecule has 22 heavy (non-hydrogen) atoms. The third-order valence-corrected chi connectivity index (χ3v) is 3.20. The van der Waals surface area contributed by atoms with Crippen molar-refractivity contribution in [2.24, 2.45) is 0 Å². The van der Waals surface area contributed by atoms with E-state index in [9.17, 15) is 0 Å². The van der Waals surface area contributed by atoms with Crippen LogP contribution in [0.2, 0.25) is 5.02 Å².